The van der Waals surface area contributed by atoms with Crippen LogP contribution in [0.3, 0.4) is 0 Å². The molecule has 0 bridgehead atoms. The number of nitrogens with one attached hydrogen (secondary N) is 2. The number of hydrogen-bond donors (Lipinski definition) is 2. The molecule has 9 heteroatoms. The Balaban J connectivity index is 0.00000364. The SMILES string of the molecule is CCNC(=NCCN1C(=O)CCCC1=O)NC1CCCC(S(=O)CC)C1.I. The van der Waals surface area contributed by atoms with Gasteiger partial charge in [0.1, 0.15) is 0 Å². The molecule has 0 aromatic heterocycles. The highest BCUT2D eigenvalue weighted by molar-refractivity contribution is 14.0. The van der Waals surface area contributed by atoms with E-state index in [1.54, 1.807) is 0 Å². The highest BCUT2D eigenvalue weighted by Crippen LogP contribution is 2.23. The molecule has 0 aromatic rings. The summed E-state index contributed by atoms with van der Waals surface area (Å²) in [5, 5.41) is 6.93. The van der Waals surface area contributed by atoms with Gasteiger partial charge < -0.3 is 10.6 Å². The summed E-state index contributed by atoms with van der Waals surface area (Å²) in [6, 6.07) is 0.264. The maximum atomic E-state index is 12.1. The van der Waals surface area contributed by atoms with Crippen LogP contribution in [-0.2, 0) is 20.4 Å². The number of rotatable bonds is 7. The lowest BCUT2D eigenvalue weighted by Gasteiger charge is -2.30. The van der Waals surface area contributed by atoms with Crippen LogP contribution in [-0.4, -0.2) is 63.6 Å². The number of halogens is 1. The standard InChI is InChI=1S/C18H32N4O3S.HI/c1-3-19-18(20-11-12-22-16(23)9-6-10-17(22)24)21-14-7-5-8-15(13-14)26(25)4-2;/h14-15H,3-13H2,1-2H3,(H2,19,20,21);1H. The van der Waals surface area contributed by atoms with Crippen LogP contribution in [0, 0.1) is 0 Å². The molecule has 7 nitrogen and oxygen atoms in total. The summed E-state index contributed by atoms with van der Waals surface area (Å²) in [5.41, 5.74) is 0. The number of carbonyl (C=O) groups excluding carboxylic acids is 2. The van der Waals surface area contributed by atoms with Crippen molar-refractivity contribution < 1.29 is 13.8 Å². The summed E-state index contributed by atoms with van der Waals surface area (Å²) in [6.07, 6.45) is 5.61. The molecule has 2 aliphatic rings. The Labute approximate surface area is 182 Å². The van der Waals surface area contributed by atoms with E-state index < -0.39 is 10.8 Å². The highest BCUT2D eigenvalue weighted by atomic mass is 127. The summed E-state index contributed by atoms with van der Waals surface area (Å²) in [6.45, 7) is 5.45. The molecule has 1 saturated carbocycles. The fourth-order valence-electron chi connectivity index (χ4n) is 3.57. The van der Waals surface area contributed by atoms with Gasteiger partial charge in [-0.15, -0.1) is 24.0 Å². The highest BCUT2D eigenvalue weighted by Gasteiger charge is 2.27. The summed E-state index contributed by atoms with van der Waals surface area (Å²) < 4.78 is 12.1. The average molecular weight is 512 g/mol. The van der Waals surface area contributed by atoms with Gasteiger partial charge in [0.2, 0.25) is 11.8 Å². The fraction of sp³-hybridized carbons (Fsp3) is 0.833. The van der Waals surface area contributed by atoms with E-state index in [0.717, 1.165) is 32.2 Å². The molecule has 2 rings (SSSR count). The molecule has 3 atom stereocenters. The maximum absolute atomic E-state index is 12.1. The molecule has 1 saturated heterocycles. The lowest BCUT2D eigenvalue weighted by atomic mass is 9.95. The Morgan fingerprint density at radius 1 is 1.19 bits per heavy atom. The zero-order valence-electron chi connectivity index (χ0n) is 16.4. The van der Waals surface area contributed by atoms with E-state index in [1.165, 1.54) is 4.90 Å². The Hall–Kier alpha value is -0.710. The molecule has 1 heterocycles. The van der Waals surface area contributed by atoms with Crippen molar-refractivity contribution in [1.29, 1.82) is 0 Å². The Kier molecular flexibility index (Phi) is 11.4. The van der Waals surface area contributed by atoms with Crippen LogP contribution >= 0.6 is 24.0 Å². The zero-order chi connectivity index (χ0) is 18.9. The molecule has 2 fully saturated rings. The molecular formula is C18H33IN4O3S. The topological polar surface area (TPSA) is 90.9 Å². The molecule has 2 N–H and O–H groups in total. The van der Waals surface area contributed by atoms with Gasteiger partial charge in [-0.2, -0.15) is 0 Å². The number of piperidine rings is 1. The van der Waals surface area contributed by atoms with Crippen LogP contribution in [0.15, 0.2) is 4.99 Å². The number of carbonyl (C=O) groups is 2. The van der Waals surface area contributed by atoms with Crippen LogP contribution in [0.4, 0.5) is 0 Å². The first-order chi connectivity index (χ1) is 12.5. The average Bonchev–Trinajstić information content (AvgIpc) is 2.64. The monoisotopic (exact) mass is 512 g/mol. The molecule has 3 unspecified atom stereocenters. The second-order valence-electron chi connectivity index (χ2n) is 6.85. The molecule has 27 heavy (non-hydrogen) atoms. The van der Waals surface area contributed by atoms with E-state index in [2.05, 4.69) is 15.6 Å². The van der Waals surface area contributed by atoms with Crippen molar-refractivity contribution in [2.75, 3.05) is 25.4 Å². The van der Waals surface area contributed by atoms with Crippen molar-refractivity contribution in [3.63, 3.8) is 0 Å². The van der Waals surface area contributed by atoms with Crippen molar-refractivity contribution in [3.8, 4) is 0 Å². The molecular weight excluding hydrogens is 479 g/mol. The van der Waals surface area contributed by atoms with E-state index in [0.29, 0.717) is 44.1 Å². The molecule has 156 valence electrons. The fourth-order valence-corrected chi connectivity index (χ4v) is 4.92. The second kappa shape index (κ2) is 12.7. The van der Waals surface area contributed by atoms with Crippen LogP contribution in [0.2, 0.25) is 0 Å². The molecule has 1 aliphatic heterocycles. The summed E-state index contributed by atoms with van der Waals surface area (Å²) in [5.74, 6) is 1.24. The minimum Gasteiger partial charge on any atom is -0.357 e. The normalized spacial score (nSPS) is 25.0. The second-order valence-corrected chi connectivity index (χ2v) is 8.86. The van der Waals surface area contributed by atoms with E-state index in [9.17, 15) is 13.8 Å². The van der Waals surface area contributed by atoms with Crippen molar-refractivity contribution in [1.82, 2.24) is 15.5 Å². The van der Waals surface area contributed by atoms with Crippen molar-refractivity contribution >= 4 is 52.6 Å². The first kappa shape index (κ1) is 24.3. The van der Waals surface area contributed by atoms with E-state index in [1.807, 2.05) is 13.8 Å². The lowest BCUT2D eigenvalue weighted by Crippen LogP contribution is -2.47. The smallest absolute Gasteiger partial charge is 0.229 e. The van der Waals surface area contributed by atoms with Crippen LogP contribution in [0.1, 0.15) is 58.8 Å². The van der Waals surface area contributed by atoms with Gasteiger partial charge in [-0.1, -0.05) is 13.3 Å². The van der Waals surface area contributed by atoms with Gasteiger partial charge in [0, 0.05) is 53.8 Å². The van der Waals surface area contributed by atoms with Crippen molar-refractivity contribution in [3.05, 3.63) is 0 Å². The number of hydrogen-bond acceptors (Lipinski definition) is 4. The number of aliphatic imine (C=N–C) groups is 1. The van der Waals surface area contributed by atoms with E-state index >= 15 is 0 Å². The Bertz CT molecular complexity index is 543. The minimum absolute atomic E-state index is 0. The van der Waals surface area contributed by atoms with E-state index in [-0.39, 0.29) is 47.1 Å². The Morgan fingerprint density at radius 2 is 1.89 bits per heavy atom. The van der Waals surface area contributed by atoms with Crippen LogP contribution in [0.5, 0.6) is 0 Å². The number of imide groups is 1. The zero-order valence-corrected chi connectivity index (χ0v) is 19.5. The van der Waals surface area contributed by atoms with Gasteiger partial charge in [-0.05, 0) is 32.6 Å². The summed E-state index contributed by atoms with van der Waals surface area (Å²) in [4.78, 5) is 29.6. The van der Waals surface area contributed by atoms with Crippen molar-refractivity contribution in [2.24, 2.45) is 4.99 Å². The summed E-state index contributed by atoms with van der Waals surface area (Å²) >= 11 is 0. The van der Waals surface area contributed by atoms with Gasteiger partial charge in [0.15, 0.2) is 5.96 Å². The van der Waals surface area contributed by atoms with Gasteiger partial charge in [-0.25, -0.2) is 0 Å². The van der Waals surface area contributed by atoms with Gasteiger partial charge in [-0.3, -0.25) is 23.7 Å². The van der Waals surface area contributed by atoms with Gasteiger partial charge in [0.25, 0.3) is 0 Å². The lowest BCUT2D eigenvalue weighted by molar-refractivity contribution is -0.147. The number of amides is 2. The first-order valence-corrected chi connectivity index (χ1v) is 11.2. The predicted octanol–water partition coefficient (Wildman–Crippen LogP) is 1.78. The third-order valence-electron chi connectivity index (χ3n) is 4.94. The van der Waals surface area contributed by atoms with Gasteiger partial charge in [0.05, 0.1) is 6.54 Å². The third-order valence-corrected chi connectivity index (χ3v) is 6.69. The van der Waals surface area contributed by atoms with Crippen LogP contribution in [0.25, 0.3) is 0 Å². The summed E-state index contributed by atoms with van der Waals surface area (Å²) in [7, 11) is -0.751. The molecule has 0 spiro atoms. The largest absolute Gasteiger partial charge is 0.357 e. The van der Waals surface area contributed by atoms with E-state index in [4.69, 9.17) is 0 Å². The number of likely N-dealkylation sites (tertiary alicyclic amines) is 1. The molecule has 0 aromatic carbocycles. The minimum atomic E-state index is -0.751. The quantitative estimate of drug-likeness (QED) is 0.235. The van der Waals surface area contributed by atoms with Crippen LogP contribution < -0.4 is 10.6 Å². The number of guanidine groups is 1. The van der Waals surface area contributed by atoms with Gasteiger partial charge >= 0.3 is 0 Å². The Morgan fingerprint density at radius 3 is 2.52 bits per heavy atom. The van der Waals surface area contributed by atoms with Crippen molar-refractivity contribution in [2.45, 2.75) is 70.1 Å². The predicted molar refractivity (Wildman–Crippen MR) is 120 cm³/mol. The first-order valence-electron chi connectivity index (χ1n) is 9.80. The molecule has 1 aliphatic carbocycles. The maximum Gasteiger partial charge on any atom is 0.229 e. The molecule has 0 radical (unpaired) electrons. The molecule has 2 amide bonds. The third kappa shape index (κ3) is 7.67. The number of nitrogens with zero attached hydrogens (tertiary/aromatic N) is 2.